The third-order valence-corrected chi connectivity index (χ3v) is 4.53. The zero-order chi connectivity index (χ0) is 15.5. The lowest BCUT2D eigenvalue weighted by molar-refractivity contribution is 0.0557. The molecule has 1 aromatic heterocycles. The predicted molar refractivity (Wildman–Crippen MR) is 83.2 cm³/mol. The number of benzene rings is 1. The normalized spacial score (nSPS) is 21.8. The molecule has 1 amide bonds. The van der Waals surface area contributed by atoms with Crippen molar-refractivity contribution in [3.63, 3.8) is 0 Å². The number of aromatic nitrogens is 2. The first-order valence-corrected chi connectivity index (χ1v) is 7.86. The van der Waals surface area contributed by atoms with Gasteiger partial charge in [-0.15, -0.1) is 10.2 Å². The summed E-state index contributed by atoms with van der Waals surface area (Å²) in [6.07, 6.45) is 4.71. The molecule has 0 radical (unpaired) electrons. The van der Waals surface area contributed by atoms with Crippen molar-refractivity contribution in [3.8, 4) is 11.5 Å². The zero-order valence-corrected chi connectivity index (χ0v) is 13.0. The van der Waals surface area contributed by atoms with E-state index >= 15 is 0 Å². The van der Waals surface area contributed by atoms with Gasteiger partial charge in [0.15, 0.2) is 0 Å². The van der Waals surface area contributed by atoms with Crippen LogP contribution in [0.15, 0.2) is 35.1 Å². The molecule has 116 valence electrons. The van der Waals surface area contributed by atoms with Gasteiger partial charge >= 0.3 is 0 Å². The molecule has 22 heavy (non-hydrogen) atoms. The van der Waals surface area contributed by atoms with Crippen LogP contribution in [0.4, 0.5) is 0 Å². The van der Waals surface area contributed by atoms with Crippen LogP contribution in [-0.4, -0.2) is 33.6 Å². The van der Waals surface area contributed by atoms with Crippen LogP contribution in [0.1, 0.15) is 43.5 Å². The van der Waals surface area contributed by atoms with Gasteiger partial charge in [-0.1, -0.05) is 19.4 Å². The Bertz CT molecular complexity index is 639. The highest BCUT2D eigenvalue weighted by Crippen LogP contribution is 2.26. The molecule has 0 unspecified atom stereocenters. The summed E-state index contributed by atoms with van der Waals surface area (Å²) < 4.78 is 5.21. The molecule has 1 aliphatic heterocycles. The number of nitrogens with zero attached hydrogens (tertiary/aromatic N) is 3. The fraction of sp³-hybridized carbons (Fsp3) is 0.471. The van der Waals surface area contributed by atoms with Gasteiger partial charge in [0, 0.05) is 23.7 Å². The summed E-state index contributed by atoms with van der Waals surface area (Å²) in [5, 5.41) is 7.58. The van der Waals surface area contributed by atoms with Gasteiger partial charge < -0.3 is 9.32 Å². The fourth-order valence-electron chi connectivity index (χ4n) is 3.05. The van der Waals surface area contributed by atoms with Crippen LogP contribution in [-0.2, 0) is 0 Å². The highest BCUT2D eigenvalue weighted by molar-refractivity contribution is 5.95. The maximum Gasteiger partial charge on any atom is 0.254 e. The molecule has 0 saturated carbocycles. The first kappa shape index (κ1) is 14.8. The topological polar surface area (TPSA) is 59.2 Å². The van der Waals surface area contributed by atoms with Gasteiger partial charge in [-0.3, -0.25) is 4.79 Å². The van der Waals surface area contributed by atoms with Crippen molar-refractivity contribution in [2.45, 2.75) is 39.2 Å². The van der Waals surface area contributed by atoms with Crippen molar-refractivity contribution in [3.05, 3.63) is 36.2 Å². The Morgan fingerprint density at radius 2 is 2.27 bits per heavy atom. The maximum absolute atomic E-state index is 12.9. The van der Waals surface area contributed by atoms with Gasteiger partial charge in [0.05, 0.1) is 0 Å². The number of piperidine rings is 1. The molecule has 2 aromatic rings. The third kappa shape index (κ3) is 2.89. The van der Waals surface area contributed by atoms with Crippen LogP contribution in [0, 0.1) is 5.92 Å². The number of carbonyl (C=O) groups is 1. The van der Waals surface area contributed by atoms with Crippen molar-refractivity contribution < 1.29 is 9.21 Å². The molecule has 3 rings (SSSR count). The average Bonchev–Trinajstić information content (AvgIpc) is 3.09. The number of carbonyl (C=O) groups excluding carboxylic acids is 1. The Kier molecular flexibility index (Phi) is 4.22. The second-order valence-electron chi connectivity index (χ2n) is 5.98. The van der Waals surface area contributed by atoms with Gasteiger partial charge in [-0.05, 0) is 43.9 Å². The van der Waals surface area contributed by atoms with E-state index in [9.17, 15) is 4.79 Å². The van der Waals surface area contributed by atoms with Crippen molar-refractivity contribution >= 4 is 5.91 Å². The first-order valence-electron chi connectivity index (χ1n) is 7.86. The summed E-state index contributed by atoms with van der Waals surface area (Å²) in [6.45, 7) is 5.17. The van der Waals surface area contributed by atoms with E-state index in [4.69, 9.17) is 4.42 Å². The lowest BCUT2D eigenvalue weighted by atomic mass is 9.91. The Labute approximate surface area is 130 Å². The van der Waals surface area contributed by atoms with E-state index in [-0.39, 0.29) is 5.91 Å². The third-order valence-electron chi connectivity index (χ3n) is 4.53. The lowest BCUT2D eigenvalue weighted by Crippen LogP contribution is -2.45. The molecule has 1 aliphatic rings. The largest absolute Gasteiger partial charge is 0.423 e. The van der Waals surface area contributed by atoms with Crippen molar-refractivity contribution in [2.24, 2.45) is 5.92 Å². The Morgan fingerprint density at radius 1 is 1.41 bits per heavy atom. The Morgan fingerprint density at radius 3 is 3.00 bits per heavy atom. The van der Waals surface area contributed by atoms with Crippen LogP contribution in [0.2, 0.25) is 0 Å². The minimum absolute atomic E-state index is 0.0898. The standard InChI is InChI=1S/C17H21N3O2/c1-3-13-8-7-12(2)20(10-13)17(21)15-6-4-5-14(9-15)16-19-18-11-22-16/h4-6,9,11-13H,3,7-8,10H2,1-2H3/t12-,13+/m1/s1. The number of rotatable bonds is 3. The van der Waals surface area contributed by atoms with E-state index in [0.717, 1.165) is 24.9 Å². The molecular weight excluding hydrogens is 278 g/mol. The summed E-state index contributed by atoms with van der Waals surface area (Å²) in [5.74, 6) is 1.14. The number of amides is 1. The maximum atomic E-state index is 12.9. The fourth-order valence-corrected chi connectivity index (χ4v) is 3.05. The minimum Gasteiger partial charge on any atom is -0.423 e. The van der Waals surface area contributed by atoms with E-state index < -0.39 is 0 Å². The van der Waals surface area contributed by atoms with Gasteiger partial charge in [0.25, 0.3) is 5.91 Å². The quantitative estimate of drug-likeness (QED) is 0.871. The van der Waals surface area contributed by atoms with Crippen LogP contribution in [0.25, 0.3) is 11.5 Å². The highest BCUT2D eigenvalue weighted by atomic mass is 16.4. The van der Waals surface area contributed by atoms with Crippen molar-refractivity contribution in [2.75, 3.05) is 6.54 Å². The van der Waals surface area contributed by atoms with Gasteiger partial charge in [-0.25, -0.2) is 0 Å². The molecule has 5 heteroatoms. The van der Waals surface area contributed by atoms with Crippen LogP contribution < -0.4 is 0 Å². The molecule has 2 heterocycles. The molecule has 1 saturated heterocycles. The summed E-state index contributed by atoms with van der Waals surface area (Å²) in [7, 11) is 0. The molecule has 0 bridgehead atoms. The number of hydrogen-bond donors (Lipinski definition) is 0. The second kappa shape index (κ2) is 6.30. The highest BCUT2D eigenvalue weighted by Gasteiger charge is 2.28. The summed E-state index contributed by atoms with van der Waals surface area (Å²) in [5.41, 5.74) is 1.46. The Hall–Kier alpha value is -2.17. The van der Waals surface area contributed by atoms with Gasteiger partial charge in [0.1, 0.15) is 0 Å². The second-order valence-corrected chi connectivity index (χ2v) is 5.98. The van der Waals surface area contributed by atoms with Crippen molar-refractivity contribution in [1.82, 2.24) is 15.1 Å². The summed E-state index contributed by atoms with van der Waals surface area (Å²) in [6, 6.07) is 7.71. The van der Waals surface area contributed by atoms with Gasteiger partial charge in [-0.2, -0.15) is 0 Å². The molecule has 0 N–H and O–H groups in total. The van der Waals surface area contributed by atoms with Crippen molar-refractivity contribution in [1.29, 1.82) is 0 Å². The number of likely N-dealkylation sites (tertiary alicyclic amines) is 1. The lowest BCUT2D eigenvalue weighted by Gasteiger charge is -2.38. The predicted octanol–water partition coefficient (Wildman–Crippen LogP) is 3.39. The summed E-state index contributed by atoms with van der Waals surface area (Å²) >= 11 is 0. The van der Waals surface area contributed by atoms with E-state index in [1.807, 2.05) is 29.2 Å². The summed E-state index contributed by atoms with van der Waals surface area (Å²) in [4.78, 5) is 14.9. The van der Waals surface area contributed by atoms with Gasteiger partial charge in [0.2, 0.25) is 12.3 Å². The van der Waals surface area contributed by atoms with Crippen LogP contribution in [0.5, 0.6) is 0 Å². The minimum atomic E-state index is 0.0898. The molecule has 2 atom stereocenters. The molecular formula is C17H21N3O2. The SMILES string of the molecule is CC[C@H]1CC[C@@H](C)N(C(=O)c2cccc(-c3nnco3)c2)C1. The molecule has 5 nitrogen and oxygen atoms in total. The molecule has 0 spiro atoms. The number of hydrogen-bond acceptors (Lipinski definition) is 4. The monoisotopic (exact) mass is 299 g/mol. The zero-order valence-electron chi connectivity index (χ0n) is 13.0. The van der Waals surface area contributed by atoms with Crippen LogP contribution in [0.3, 0.4) is 0 Å². The van der Waals surface area contributed by atoms with E-state index in [1.165, 1.54) is 12.8 Å². The Balaban J connectivity index is 1.84. The van der Waals surface area contributed by atoms with Crippen LogP contribution >= 0.6 is 0 Å². The van der Waals surface area contributed by atoms with E-state index in [2.05, 4.69) is 24.0 Å². The smallest absolute Gasteiger partial charge is 0.254 e. The first-order chi connectivity index (χ1) is 10.7. The average molecular weight is 299 g/mol. The molecule has 0 aliphatic carbocycles. The molecule has 1 fully saturated rings. The van der Waals surface area contributed by atoms with E-state index in [1.54, 1.807) is 0 Å². The molecule has 1 aromatic carbocycles. The van der Waals surface area contributed by atoms with E-state index in [0.29, 0.717) is 23.4 Å².